The Morgan fingerprint density at radius 3 is 2.05 bits per heavy atom. The lowest BCUT2D eigenvalue weighted by Gasteiger charge is -2.66. The first-order valence-electron chi connectivity index (χ1n) is 9.10. The number of nitrogens with zero attached hydrogens (tertiary/aromatic N) is 1. The minimum Gasteiger partial charge on any atom is -0.329 e. The van der Waals surface area contributed by atoms with Crippen LogP contribution in [0.1, 0.15) is 58.8 Å². The van der Waals surface area contributed by atoms with Crippen LogP contribution in [0.4, 0.5) is 0 Å². The Labute approximate surface area is 124 Å². The summed E-state index contributed by atoms with van der Waals surface area (Å²) in [6.07, 6.45) is 10.3. The zero-order valence-corrected chi connectivity index (χ0v) is 13.4. The Morgan fingerprint density at radius 2 is 1.55 bits per heavy atom. The summed E-state index contributed by atoms with van der Waals surface area (Å²) in [5.41, 5.74) is 6.86. The molecule has 114 valence electrons. The second-order valence-corrected chi connectivity index (χ2v) is 8.67. The van der Waals surface area contributed by atoms with E-state index in [1.54, 1.807) is 6.42 Å². The molecule has 5 fully saturated rings. The zero-order chi connectivity index (χ0) is 13.9. The molecule has 2 heteroatoms. The Morgan fingerprint density at radius 1 is 0.950 bits per heavy atom. The molecule has 0 radical (unpaired) electrons. The van der Waals surface area contributed by atoms with E-state index < -0.39 is 0 Å². The van der Waals surface area contributed by atoms with Crippen LogP contribution in [-0.4, -0.2) is 29.6 Å². The molecule has 2 atom stereocenters. The molecule has 0 aromatic heterocycles. The summed E-state index contributed by atoms with van der Waals surface area (Å²) in [5, 5.41) is 0. The molecule has 1 heterocycles. The van der Waals surface area contributed by atoms with E-state index >= 15 is 0 Å². The van der Waals surface area contributed by atoms with Gasteiger partial charge < -0.3 is 5.73 Å². The zero-order valence-electron chi connectivity index (χ0n) is 13.4. The molecule has 0 amide bonds. The van der Waals surface area contributed by atoms with E-state index in [2.05, 4.69) is 18.7 Å². The lowest BCUT2D eigenvalue weighted by molar-refractivity contribution is -0.152. The standard InChI is InChI=1S/C18H32N2/c1-12-3-4-20(13(2)5-12)18(11-19)16-7-14-6-15(9-16)10-17(18)8-14/h12-17H,3-11,19H2,1-2H3. The second kappa shape index (κ2) is 4.71. The van der Waals surface area contributed by atoms with Gasteiger partial charge in [-0.25, -0.2) is 0 Å². The predicted octanol–water partition coefficient (Wildman–Crippen LogP) is 3.26. The molecular formula is C18H32N2. The molecule has 5 aliphatic rings. The highest BCUT2D eigenvalue weighted by molar-refractivity contribution is 5.13. The molecule has 0 aromatic carbocycles. The minimum atomic E-state index is 0.382. The van der Waals surface area contributed by atoms with E-state index in [1.807, 2.05) is 0 Å². The molecule has 0 aromatic rings. The summed E-state index contributed by atoms with van der Waals surface area (Å²) in [4.78, 5) is 2.90. The number of hydrogen-bond donors (Lipinski definition) is 1. The number of nitrogens with two attached hydrogens (primary N) is 1. The van der Waals surface area contributed by atoms with Crippen molar-refractivity contribution >= 4 is 0 Å². The summed E-state index contributed by atoms with van der Waals surface area (Å²) in [7, 11) is 0. The molecule has 2 nitrogen and oxygen atoms in total. The van der Waals surface area contributed by atoms with E-state index in [4.69, 9.17) is 5.73 Å². The fourth-order valence-electron chi connectivity index (χ4n) is 6.95. The van der Waals surface area contributed by atoms with E-state index in [0.717, 1.165) is 42.2 Å². The van der Waals surface area contributed by atoms with Gasteiger partial charge in [0.05, 0.1) is 0 Å². The van der Waals surface area contributed by atoms with Crippen LogP contribution in [0.15, 0.2) is 0 Å². The van der Waals surface area contributed by atoms with Crippen LogP contribution in [0.3, 0.4) is 0 Å². The number of piperidine rings is 1. The Balaban J connectivity index is 1.66. The molecule has 5 rings (SSSR count). The topological polar surface area (TPSA) is 29.3 Å². The van der Waals surface area contributed by atoms with Crippen LogP contribution in [0.25, 0.3) is 0 Å². The van der Waals surface area contributed by atoms with Gasteiger partial charge in [-0.1, -0.05) is 6.92 Å². The van der Waals surface area contributed by atoms with Gasteiger partial charge in [-0.15, -0.1) is 0 Å². The molecule has 2 N–H and O–H groups in total. The highest BCUT2D eigenvalue weighted by Crippen LogP contribution is 2.60. The average Bonchev–Trinajstić information content (AvgIpc) is 2.40. The molecule has 1 aliphatic heterocycles. The summed E-state index contributed by atoms with van der Waals surface area (Å²) in [6, 6.07) is 0.750. The Kier molecular flexibility index (Phi) is 3.20. The van der Waals surface area contributed by atoms with Gasteiger partial charge in [0.2, 0.25) is 0 Å². The molecule has 0 spiro atoms. The van der Waals surface area contributed by atoms with Gasteiger partial charge in [0, 0.05) is 18.1 Å². The number of hydrogen-bond acceptors (Lipinski definition) is 2. The molecule has 1 saturated heterocycles. The number of rotatable bonds is 2. The third-order valence-electron chi connectivity index (χ3n) is 7.55. The van der Waals surface area contributed by atoms with Crippen molar-refractivity contribution in [1.29, 1.82) is 0 Å². The van der Waals surface area contributed by atoms with Crippen LogP contribution < -0.4 is 5.73 Å². The van der Waals surface area contributed by atoms with Crippen molar-refractivity contribution in [3.8, 4) is 0 Å². The quantitative estimate of drug-likeness (QED) is 0.839. The molecule has 4 aliphatic carbocycles. The van der Waals surface area contributed by atoms with Crippen molar-refractivity contribution in [2.45, 2.75) is 70.4 Å². The highest BCUT2D eigenvalue weighted by atomic mass is 15.3. The van der Waals surface area contributed by atoms with Crippen molar-refractivity contribution in [3.05, 3.63) is 0 Å². The third-order valence-corrected chi connectivity index (χ3v) is 7.55. The third kappa shape index (κ3) is 1.76. The maximum absolute atomic E-state index is 6.47. The molecule has 4 bridgehead atoms. The molecular weight excluding hydrogens is 244 g/mol. The monoisotopic (exact) mass is 276 g/mol. The lowest BCUT2D eigenvalue weighted by Crippen LogP contribution is -2.71. The van der Waals surface area contributed by atoms with Crippen molar-refractivity contribution in [1.82, 2.24) is 4.90 Å². The summed E-state index contributed by atoms with van der Waals surface area (Å²) >= 11 is 0. The van der Waals surface area contributed by atoms with Crippen molar-refractivity contribution < 1.29 is 0 Å². The van der Waals surface area contributed by atoms with E-state index in [1.165, 1.54) is 45.1 Å². The van der Waals surface area contributed by atoms with Crippen molar-refractivity contribution in [3.63, 3.8) is 0 Å². The van der Waals surface area contributed by atoms with E-state index in [0.29, 0.717) is 5.54 Å². The summed E-state index contributed by atoms with van der Waals surface area (Å²) in [6.45, 7) is 7.13. The second-order valence-electron chi connectivity index (χ2n) is 8.67. The van der Waals surface area contributed by atoms with Crippen LogP contribution in [-0.2, 0) is 0 Å². The highest BCUT2D eigenvalue weighted by Gasteiger charge is 2.59. The molecule has 2 unspecified atom stereocenters. The first-order valence-corrected chi connectivity index (χ1v) is 9.10. The van der Waals surface area contributed by atoms with Gasteiger partial charge >= 0.3 is 0 Å². The SMILES string of the molecule is CC1CCN(C2(CN)C3CC4CC(C3)CC2C4)C(C)C1. The van der Waals surface area contributed by atoms with E-state index in [9.17, 15) is 0 Å². The van der Waals surface area contributed by atoms with Gasteiger partial charge in [0.1, 0.15) is 0 Å². The number of likely N-dealkylation sites (tertiary alicyclic amines) is 1. The van der Waals surface area contributed by atoms with Gasteiger partial charge in [-0.05, 0) is 88.0 Å². The van der Waals surface area contributed by atoms with Crippen LogP contribution >= 0.6 is 0 Å². The summed E-state index contributed by atoms with van der Waals surface area (Å²) in [5.74, 6) is 4.85. The van der Waals surface area contributed by atoms with Crippen LogP contribution in [0.5, 0.6) is 0 Å². The van der Waals surface area contributed by atoms with Gasteiger partial charge in [0.25, 0.3) is 0 Å². The first kappa shape index (κ1) is 13.6. The minimum absolute atomic E-state index is 0.382. The largest absolute Gasteiger partial charge is 0.329 e. The maximum Gasteiger partial charge on any atom is 0.0391 e. The Hall–Kier alpha value is -0.0800. The molecule has 4 saturated carbocycles. The maximum atomic E-state index is 6.47. The fourth-order valence-corrected chi connectivity index (χ4v) is 6.95. The van der Waals surface area contributed by atoms with E-state index in [-0.39, 0.29) is 0 Å². The van der Waals surface area contributed by atoms with Gasteiger partial charge in [0.15, 0.2) is 0 Å². The fraction of sp³-hybridized carbons (Fsp3) is 1.00. The average molecular weight is 276 g/mol. The van der Waals surface area contributed by atoms with Crippen LogP contribution in [0, 0.1) is 29.6 Å². The predicted molar refractivity (Wildman–Crippen MR) is 83.4 cm³/mol. The van der Waals surface area contributed by atoms with Gasteiger partial charge in [-0.2, -0.15) is 0 Å². The first-order chi connectivity index (χ1) is 9.63. The van der Waals surface area contributed by atoms with Crippen molar-refractivity contribution in [2.24, 2.45) is 35.3 Å². The molecule has 20 heavy (non-hydrogen) atoms. The Bertz CT molecular complexity index is 350. The summed E-state index contributed by atoms with van der Waals surface area (Å²) < 4.78 is 0. The normalized spacial score (nSPS) is 55.4. The van der Waals surface area contributed by atoms with Crippen LogP contribution in [0.2, 0.25) is 0 Å². The van der Waals surface area contributed by atoms with Crippen molar-refractivity contribution in [2.75, 3.05) is 13.1 Å². The lowest BCUT2D eigenvalue weighted by atomic mass is 9.47. The smallest absolute Gasteiger partial charge is 0.0391 e. The van der Waals surface area contributed by atoms with Gasteiger partial charge in [-0.3, -0.25) is 4.90 Å².